The summed E-state index contributed by atoms with van der Waals surface area (Å²) in [5.41, 5.74) is 1.73. The monoisotopic (exact) mass is 343 g/mol. The number of aromatic amines is 1. The van der Waals surface area contributed by atoms with Gasteiger partial charge in [-0.1, -0.05) is 36.0 Å². The van der Waals surface area contributed by atoms with Gasteiger partial charge in [-0.2, -0.15) is 0 Å². The third-order valence-electron chi connectivity index (χ3n) is 3.70. The molecule has 2 aromatic heterocycles. The maximum absolute atomic E-state index is 12.8. The normalized spacial score (nSPS) is 12.4. The number of H-pyrrole nitrogens is 1. The minimum atomic E-state index is -0.472. The zero-order valence-corrected chi connectivity index (χ0v) is 14.2. The molecule has 0 aliphatic rings. The molecule has 2 heterocycles. The number of nitrogens with zero attached hydrogens (tertiary/aromatic N) is 2. The van der Waals surface area contributed by atoms with E-state index in [4.69, 9.17) is 4.74 Å². The molecule has 0 radical (unpaired) electrons. The van der Waals surface area contributed by atoms with E-state index in [1.54, 1.807) is 13.0 Å². The molecule has 0 unspecified atom stereocenters. The van der Waals surface area contributed by atoms with Crippen molar-refractivity contribution in [2.24, 2.45) is 0 Å². The van der Waals surface area contributed by atoms with Gasteiger partial charge < -0.3 is 9.72 Å². The fourth-order valence-corrected chi connectivity index (χ4v) is 3.47. The molecule has 7 heteroatoms. The quantitative estimate of drug-likeness (QED) is 0.334. The number of fused-ring (bicyclic) bond motifs is 3. The number of hydrogen-bond acceptors (Lipinski definition) is 5. The Morgan fingerprint density at radius 1 is 1.50 bits per heavy atom. The Kier molecular flexibility index (Phi) is 4.44. The number of aromatic nitrogens is 3. The van der Waals surface area contributed by atoms with Crippen molar-refractivity contribution in [1.29, 1.82) is 0 Å². The van der Waals surface area contributed by atoms with Crippen LogP contribution < -0.4 is 5.56 Å². The molecule has 1 atom stereocenters. The summed E-state index contributed by atoms with van der Waals surface area (Å²) < 4.78 is 6.26. The summed E-state index contributed by atoms with van der Waals surface area (Å²) in [5.74, 6) is -0.363. The van der Waals surface area contributed by atoms with Gasteiger partial charge >= 0.3 is 5.97 Å². The highest BCUT2D eigenvalue weighted by Gasteiger charge is 2.20. The zero-order valence-electron chi connectivity index (χ0n) is 13.4. The number of esters is 1. The van der Waals surface area contributed by atoms with Gasteiger partial charge in [0.25, 0.3) is 5.56 Å². The van der Waals surface area contributed by atoms with E-state index in [1.807, 2.05) is 24.3 Å². The number of allylic oxidation sites excluding steroid dienone is 1. The summed E-state index contributed by atoms with van der Waals surface area (Å²) in [6, 6.07) is 7.61. The van der Waals surface area contributed by atoms with Crippen LogP contribution in [0.4, 0.5) is 0 Å². The predicted octanol–water partition coefficient (Wildman–Crippen LogP) is 2.72. The molecule has 0 saturated carbocycles. The highest BCUT2D eigenvalue weighted by molar-refractivity contribution is 8.00. The van der Waals surface area contributed by atoms with Crippen molar-refractivity contribution in [2.45, 2.75) is 23.9 Å². The fraction of sp³-hybridized carbons (Fsp3) is 0.235. The lowest BCUT2D eigenvalue weighted by molar-refractivity contribution is -0.139. The van der Waals surface area contributed by atoms with Gasteiger partial charge in [0.2, 0.25) is 0 Å². The Morgan fingerprint density at radius 2 is 2.25 bits per heavy atom. The maximum Gasteiger partial charge on any atom is 0.318 e. The number of ether oxygens (including phenoxy) is 1. The van der Waals surface area contributed by atoms with E-state index in [0.29, 0.717) is 22.7 Å². The molecule has 0 amide bonds. The highest BCUT2D eigenvalue weighted by atomic mass is 32.2. The number of thioether (sulfide) groups is 1. The van der Waals surface area contributed by atoms with Crippen molar-refractivity contribution in [3.63, 3.8) is 0 Å². The van der Waals surface area contributed by atoms with E-state index in [-0.39, 0.29) is 11.5 Å². The van der Waals surface area contributed by atoms with Crippen molar-refractivity contribution in [3.8, 4) is 0 Å². The number of benzene rings is 1. The summed E-state index contributed by atoms with van der Waals surface area (Å²) in [6.45, 7) is 5.73. The lowest BCUT2D eigenvalue weighted by Crippen LogP contribution is -2.24. The van der Waals surface area contributed by atoms with E-state index in [0.717, 1.165) is 10.9 Å². The van der Waals surface area contributed by atoms with Crippen LogP contribution in [0.5, 0.6) is 0 Å². The molecule has 0 bridgehead atoms. The largest absolute Gasteiger partial charge is 0.468 e. The van der Waals surface area contributed by atoms with Crippen molar-refractivity contribution in [3.05, 3.63) is 47.3 Å². The van der Waals surface area contributed by atoms with Crippen LogP contribution in [0, 0.1) is 0 Å². The molecular formula is C17H17N3O3S. The fourth-order valence-electron chi connectivity index (χ4n) is 2.53. The van der Waals surface area contributed by atoms with Gasteiger partial charge in [0, 0.05) is 17.4 Å². The Morgan fingerprint density at radius 3 is 2.96 bits per heavy atom. The van der Waals surface area contributed by atoms with Crippen LogP contribution in [-0.4, -0.2) is 32.9 Å². The topological polar surface area (TPSA) is 77.0 Å². The van der Waals surface area contributed by atoms with Gasteiger partial charge in [0.05, 0.1) is 7.11 Å². The van der Waals surface area contributed by atoms with Gasteiger partial charge in [-0.05, 0) is 13.0 Å². The molecule has 6 nitrogen and oxygen atoms in total. The average Bonchev–Trinajstić information content (AvgIpc) is 2.96. The Hall–Kier alpha value is -2.54. The molecule has 0 aliphatic heterocycles. The number of hydrogen-bond donors (Lipinski definition) is 1. The van der Waals surface area contributed by atoms with Crippen molar-refractivity contribution in [2.75, 3.05) is 7.11 Å². The summed E-state index contributed by atoms with van der Waals surface area (Å²) in [4.78, 5) is 32.3. The number of para-hydroxylation sites is 1. The van der Waals surface area contributed by atoms with Crippen LogP contribution in [0.2, 0.25) is 0 Å². The molecule has 124 valence electrons. The molecule has 1 N–H and O–H groups in total. The SMILES string of the molecule is C=CCn1c(S[C@H](C)C(=O)OC)nc2c([nH]c3ccccc32)c1=O. The number of rotatable bonds is 5. The average molecular weight is 343 g/mol. The van der Waals surface area contributed by atoms with Gasteiger partial charge in [0.1, 0.15) is 16.3 Å². The lowest BCUT2D eigenvalue weighted by atomic mass is 10.2. The van der Waals surface area contributed by atoms with Gasteiger partial charge in [0.15, 0.2) is 5.16 Å². The Labute approximate surface area is 142 Å². The molecule has 3 rings (SSSR count). The minimum Gasteiger partial charge on any atom is -0.468 e. The van der Waals surface area contributed by atoms with E-state index >= 15 is 0 Å². The van der Waals surface area contributed by atoms with Crippen LogP contribution in [0.1, 0.15) is 6.92 Å². The first-order valence-electron chi connectivity index (χ1n) is 7.43. The molecule has 3 aromatic rings. The van der Waals surface area contributed by atoms with Crippen molar-refractivity contribution < 1.29 is 9.53 Å². The van der Waals surface area contributed by atoms with Crippen LogP contribution in [0.3, 0.4) is 0 Å². The molecule has 24 heavy (non-hydrogen) atoms. The third-order valence-corrected chi connectivity index (χ3v) is 4.77. The third kappa shape index (κ3) is 2.71. The van der Waals surface area contributed by atoms with Crippen LogP contribution in [0.25, 0.3) is 21.9 Å². The number of methoxy groups -OCH3 is 1. The van der Waals surface area contributed by atoms with E-state index < -0.39 is 5.25 Å². The van der Waals surface area contributed by atoms with E-state index in [1.165, 1.54) is 23.4 Å². The highest BCUT2D eigenvalue weighted by Crippen LogP contribution is 2.26. The first kappa shape index (κ1) is 16.3. The van der Waals surface area contributed by atoms with Crippen molar-refractivity contribution >= 4 is 39.7 Å². The standard InChI is InChI=1S/C17H17N3O3S/c1-4-9-20-15(21)14-13(11-7-5-6-8-12(11)18-14)19-17(20)24-10(2)16(22)23-3/h4-8,10,18H,1,9H2,2-3H3/t10-/m1/s1. The Balaban J connectivity index is 2.24. The van der Waals surface area contributed by atoms with Gasteiger partial charge in [-0.3, -0.25) is 14.2 Å². The van der Waals surface area contributed by atoms with Crippen molar-refractivity contribution in [1.82, 2.24) is 14.5 Å². The number of carbonyl (C=O) groups is 1. The lowest BCUT2D eigenvalue weighted by Gasteiger charge is -2.13. The number of carbonyl (C=O) groups excluding carboxylic acids is 1. The van der Waals surface area contributed by atoms with E-state index in [9.17, 15) is 9.59 Å². The summed E-state index contributed by atoms with van der Waals surface area (Å²) in [6.07, 6.45) is 1.63. The second-order valence-corrected chi connectivity index (χ2v) is 6.58. The summed E-state index contributed by atoms with van der Waals surface area (Å²) >= 11 is 1.20. The smallest absolute Gasteiger partial charge is 0.318 e. The zero-order chi connectivity index (χ0) is 17.3. The molecule has 1 aromatic carbocycles. The molecule has 0 spiro atoms. The number of nitrogens with one attached hydrogen (secondary N) is 1. The molecule has 0 aliphatic carbocycles. The first-order chi connectivity index (χ1) is 11.6. The van der Waals surface area contributed by atoms with Gasteiger partial charge in [-0.15, -0.1) is 6.58 Å². The van der Waals surface area contributed by atoms with Crippen LogP contribution in [0.15, 0.2) is 46.9 Å². The molecule has 0 fully saturated rings. The second kappa shape index (κ2) is 6.52. The minimum absolute atomic E-state index is 0.185. The summed E-state index contributed by atoms with van der Waals surface area (Å²) in [7, 11) is 1.34. The maximum atomic E-state index is 12.8. The second-order valence-electron chi connectivity index (χ2n) is 5.28. The van der Waals surface area contributed by atoms with E-state index in [2.05, 4.69) is 16.5 Å². The van der Waals surface area contributed by atoms with Crippen LogP contribution >= 0.6 is 11.8 Å². The predicted molar refractivity (Wildman–Crippen MR) is 95.4 cm³/mol. The van der Waals surface area contributed by atoms with Crippen LogP contribution in [-0.2, 0) is 16.1 Å². The van der Waals surface area contributed by atoms with Gasteiger partial charge in [-0.25, -0.2) is 4.98 Å². The summed E-state index contributed by atoms with van der Waals surface area (Å²) in [5, 5.41) is 0.874. The Bertz CT molecular complexity index is 990. The molecule has 0 saturated heterocycles. The molecular weight excluding hydrogens is 326 g/mol. The first-order valence-corrected chi connectivity index (χ1v) is 8.31.